The summed E-state index contributed by atoms with van der Waals surface area (Å²) in [5.74, 6) is 0.256. The van der Waals surface area contributed by atoms with Crippen LogP contribution < -0.4 is 11.1 Å². The summed E-state index contributed by atoms with van der Waals surface area (Å²) >= 11 is 0. The zero-order valence-electron chi connectivity index (χ0n) is 9.98. The Hall–Kier alpha value is -1.56. The molecule has 1 aliphatic heterocycles. The Bertz CT molecular complexity index is 396. The van der Waals surface area contributed by atoms with Crippen LogP contribution in [0.15, 0.2) is 6.20 Å². The van der Waals surface area contributed by atoms with E-state index in [0.717, 1.165) is 19.6 Å². The summed E-state index contributed by atoms with van der Waals surface area (Å²) < 4.78 is 6.86. The standard InChI is InChI=1S/C11H18N4O2/c1-2-15-10(9(12)6-14-15)11(16)13-5-8-3-4-17-7-8/h6,8H,2-5,7,12H2,1H3,(H,13,16). The molecule has 1 atom stereocenters. The molecule has 1 aromatic rings. The third-order valence-corrected chi connectivity index (χ3v) is 2.96. The zero-order valence-corrected chi connectivity index (χ0v) is 9.98. The number of rotatable bonds is 4. The summed E-state index contributed by atoms with van der Waals surface area (Å²) in [6.07, 6.45) is 2.51. The molecule has 6 heteroatoms. The lowest BCUT2D eigenvalue weighted by Gasteiger charge is -2.10. The van der Waals surface area contributed by atoms with Crippen LogP contribution in [0.3, 0.4) is 0 Å². The lowest BCUT2D eigenvalue weighted by Crippen LogP contribution is -2.31. The fourth-order valence-corrected chi connectivity index (χ4v) is 1.95. The second-order valence-electron chi connectivity index (χ2n) is 4.20. The van der Waals surface area contributed by atoms with Gasteiger partial charge in [-0.05, 0) is 13.3 Å². The van der Waals surface area contributed by atoms with Gasteiger partial charge in [-0.1, -0.05) is 0 Å². The molecule has 6 nitrogen and oxygen atoms in total. The van der Waals surface area contributed by atoms with Crippen LogP contribution in [0.5, 0.6) is 0 Å². The molecule has 17 heavy (non-hydrogen) atoms. The molecule has 94 valence electrons. The molecule has 1 aliphatic rings. The molecule has 0 aromatic carbocycles. The van der Waals surface area contributed by atoms with Crippen molar-refractivity contribution in [1.82, 2.24) is 15.1 Å². The Morgan fingerprint density at radius 2 is 2.59 bits per heavy atom. The molecule has 1 fully saturated rings. The summed E-state index contributed by atoms with van der Waals surface area (Å²) in [5.41, 5.74) is 6.61. The molecule has 0 spiro atoms. The van der Waals surface area contributed by atoms with E-state index in [1.165, 1.54) is 6.20 Å². The van der Waals surface area contributed by atoms with Gasteiger partial charge in [0.1, 0.15) is 5.69 Å². The number of ether oxygens (including phenoxy) is 1. The normalized spacial score (nSPS) is 19.5. The summed E-state index contributed by atoms with van der Waals surface area (Å²) in [7, 11) is 0. The largest absolute Gasteiger partial charge is 0.396 e. The Balaban J connectivity index is 1.96. The van der Waals surface area contributed by atoms with Crippen LogP contribution in [0.4, 0.5) is 5.69 Å². The molecule has 3 N–H and O–H groups in total. The molecule has 0 aliphatic carbocycles. The molecule has 2 heterocycles. The maximum absolute atomic E-state index is 12.0. The van der Waals surface area contributed by atoms with Crippen molar-refractivity contribution in [2.75, 3.05) is 25.5 Å². The van der Waals surface area contributed by atoms with Gasteiger partial charge in [0, 0.05) is 25.6 Å². The minimum Gasteiger partial charge on any atom is -0.396 e. The fraction of sp³-hybridized carbons (Fsp3) is 0.636. The van der Waals surface area contributed by atoms with E-state index in [9.17, 15) is 4.79 Å². The highest BCUT2D eigenvalue weighted by Gasteiger charge is 2.19. The van der Waals surface area contributed by atoms with E-state index in [-0.39, 0.29) is 5.91 Å². The van der Waals surface area contributed by atoms with Crippen molar-refractivity contribution >= 4 is 11.6 Å². The Morgan fingerprint density at radius 1 is 1.76 bits per heavy atom. The van der Waals surface area contributed by atoms with E-state index >= 15 is 0 Å². The first kappa shape index (κ1) is 11.9. The molecule has 0 bridgehead atoms. The predicted molar refractivity (Wildman–Crippen MR) is 63.6 cm³/mol. The number of carbonyl (C=O) groups excluding carboxylic acids is 1. The first-order valence-corrected chi connectivity index (χ1v) is 5.89. The van der Waals surface area contributed by atoms with E-state index in [0.29, 0.717) is 30.4 Å². The quantitative estimate of drug-likeness (QED) is 0.787. The smallest absolute Gasteiger partial charge is 0.271 e. The van der Waals surface area contributed by atoms with Gasteiger partial charge in [-0.25, -0.2) is 0 Å². The molecule has 1 amide bonds. The molecule has 0 saturated carbocycles. The molecule has 1 aromatic heterocycles. The third-order valence-electron chi connectivity index (χ3n) is 2.96. The summed E-state index contributed by atoms with van der Waals surface area (Å²) in [5, 5.41) is 6.92. The highest BCUT2D eigenvalue weighted by Crippen LogP contribution is 2.13. The molecular weight excluding hydrogens is 220 g/mol. The minimum atomic E-state index is -0.159. The number of nitrogens with two attached hydrogens (primary N) is 1. The van der Waals surface area contributed by atoms with Crippen molar-refractivity contribution in [3.8, 4) is 0 Å². The van der Waals surface area contributed by atoms with Gasteiger partial charge in [0.2, 0.25) is 0 Å². The van der Waals surface area contributed by atoms with Gasteiger partial charge < -0.3 is 15.8 Å². The second kappa shape index (κ2) is 5.18. The van der Waals surface area contributed by atoms with Crippen molar-refractivity contribution in [1.29, 1.82) is 0 Å². The van der Waals surface area contributed by atoms with E-state index in [4.69, 9.17) is 10.5 Å². The van der Waals surface area contributed by atoms with Crippen LogP contribution in [0.2, 0.25) is 0 Å². The lowest BCUT2D eigenvalue weighted by atomic mass is 10.1. The number of aromatic nitrogens is 2. The van der Waals surface area contributed by atoms with Gasteiger partial charge in [0.25, 0.3) is 5.91 Å². The van der Waals surface area contributed by atoms with E-state index < -0.39 is 0 Å². The second-order valence-corrected chi connectivity index (χ2v) is 4.20. The number of nitrogens with one attached hydrogen (secondary N) is 1. The number of hydrogen-bond donors (Lipinski definition) is 2. The summed E-state index contributed by atoms with van der Waals surface area (Å²) in [6.45, 7) is 4.70. The van der Waals surface area contributed by atoms with Gasteiger partial charge in [0.15, 0.2) is 0 Å². The summed E-state index contributed by atoms with van der Waals surface area (Å²) in [4.78, 5) is 12.0. The monoisotopic (exact) mass is 238 g/mol. The van der Waals surface area contributed by atoms with Crippen molar-refractivity contribution in [3.05, 3.63) is 11.9 Å². The first-order valence-electron chi connectivity index (χ1n) is 5.89. The van der Waals surface area contributed by atoms with Crippen molar-refractivity contribution in [2.24, 2.45) is 5.92 Å². The fourth-order valence-electron chi connectivity index (χ4n) is 1.95. The highest BCUT2D eigenvalue weighted by molar-refractivity contribution is 5.97. The molecular formula is C11H18N4O2. The van der Waals surface area contributed by atoms with Crippen LogP contribution in [-0.4, -0.2) is 35.4 Å². The van der Waals surface area contributed by atoms with E-state index in [1.54, 1.807) is 4.68 Å². The lowest BCUT2D eigenvalue weighted by molar-refractivity contribution is 0.0935. The van der Waals surface area contributed by atoms with Crippen LogP contribution in [0.25, 0.3) is 0 Å². The molecule has 1 saturated heterocycles. The minimum absolute atomic E-state index is 0.159. The van der Waals surface area contributed by atoms with Crippen LogP contribution >= 0.6 is 0 Å². The Kier molecular flexibility index (Phi) is 3.63. The zero-order chi connectivity index (χ0) is 12.3. The van der Waals surface area contributed by atoms with Crippen LogP contribution in [0.1, 0.15) is 23.8 Å². The Labute approximate surface area is 100 Å². The maximum Gasteiger partial charge on any atom is 0.271 e. The SMILES string of the molecule is CCn1ncc(N)c1C(=O)NCC1CCOC1. The number of anilines is 1. The van der Waals surface area contributed by atoms with E-state index in [2.05, 4.69) is 10.4 Å². The van der Waals surface area contributed by atoms with Crippen LogP contribution in [-0.2, 0) is 11.3 Å². The Morgan fingerprint density at radius 3 is 3.24 bits per heavy atom. The predicted octanol–water partition coefficient (Wildman–Crippen LogP) is 0.251. The van der Waals surface area contributed by atoms with Crippen LogP contribution in [0, 0.1) is 5.92 Å². The maximum atomic E-state index is 12.0. The first-order chi connectivity index (χ1) is 8.22. The molecule has 2 rings (SSSR count). The average molecular weight is 238 g/mol. The van der Waals surface area contributed by atoms with Gasteiger partial charge in [-0.15, -0.1) is 0 Å². The van der Waals surface area contributed by atoms with Crippen molar-refractivity contribution in [2.45, 2.75) is 19.9 Å². The van der Waals surface area contributed by atoms with Crippen molar-refractivity contribution in [3.63, 3.8) is 0 Å². The third kappa shape index (κ3) is 2.58. The topological polar surface area (TPSA) is 82.2 Å². The van der Waals surface area contributed by atoms with Crippen molar-refractivity contribution < 1.29 is 9.53 Å². The van der Waals surface area contributed by atoms with Gasteiger partial charge in [0.05, 0.1) is 18.5 Å². The van der Waals surface area contributed by atoms with E-state index in [1.807, 2.05) is 6.92 Å². The number of amides is 1. The summed E-state index contributed by atoms with van der Waals surface area (Å²) in [6, 6.07) is 0. The number of nitrogens with zero attached hydrogens (tertiary/aromatic N) is 2. The van der Waals surface area contributed by atoms with Gasteiger partial charge in [-0.3, -0.25) is 9.48 Å². The number of carbonyl (C=O) groups is 1. The van der Waals surface area contributed by atoms with Gasteiger partial charge in [-0.2, -0.15) is 5.10 Å². The molecule has 1 unspecified atom stereocenters. The van der Waals surface area contributed by atoms with Gasteiger partial charge >= 0.3 is 0 Å². The number of nitrogen functional groups attached to an aromatic ring is 1. The molecule has 0 radical (unpaired) electrons. The average Bonchev–Trinajstić information content (AvgIpc) is 2.94. The number of aryl methyl sites for hydroxylation is 1. The number of hydrogen-bond acceptors (Lipinski definition) is 4. The highest BCUT2D eigenvalue weighted by atomic mass is 16.5.